The Morgan fingerprint density at radius 3 is 2.44 bits per heavy atom. The molecule has 16 heavy (non-hydrogen) atoms. The molecule has 0 N–H and O–H groups in total. The van der Waals surface area contributed by atoms with Crippen LogP contribution in [0.5, 0.6) is 0 Å². The molecule has 1 aliphatic rings. The fourth-order valence-electron chi connectivity index (χ4n) is 1.72. The highest BCUT2D eigenvalue weighted by molar-refractivity contribution is 8.10. The van der Waals surface area contributed by atoms with Gasteiger partial charge >= 0.3 is 11.1 Å². The quantitative estimate of drug-likeness (QED) is 0.431. The minimum atomic E-state index is -0.400. The molecule has 3 nitrogen and oxygen atoms in total. The molecule has 1 heterocycles. The Morgan fingerprint density at radius 1 is 1.44 bits per heavy atom. The lowest BCUT2D eigenvalue weighted by Gasteiger charge is -2.31. The lowest BCUT2D eigenvalue weighted by Crippen LogP contribution is -2.42. The van der Waals surface area contributed by atoms with Crippen molar-refractivity contribution in [1.82, 2.24) is 0 Å². The third-order valence-electron chi connectivity index (χ3n) is 2.88. The summed E-state index contributed by atoms with van der Waals surface area (Å²) in [4.78, 5) is 22.7. The maximum absolute atomic E-state index is 11.5. The van der Waals surface area contributed by atoms with Crippen molar-refractivity contribution in [2.45, 2.75) is 38.7 Å². The van der Waals surface area contributed by atoms with Crippen LogP contribution in [0.4, 0.5) is 0 Å². The number of rotatable bonds is 3. The van der Waals surface area contributed by atoms with E-state index in [1.165, 1.54) is 6.08 Å². The average molecular weight is 243 g/mol. The van der Waals surface area contributed by atoms with Gasteiger partial charge in [0.1, 0.15) is 17.1 Å². The Balaban J connectivity index is 2.49. The van der Waals surface area contributed by atoms with E-state index in [9.17, 15) is 9.59 Å². The summed E-state index contributed by atoms with van der Waals surface area (Å²) in [6.07, 6.45) is 3.37. The lowest BCUT2D eigenvalue weighted by atomic mass is 9.99. The zero-order valence-corrected chi connectivity index (χ0v) is 10.8. The third kappa shape index (κ3) is 3.37. The fourth-order valence-corrected chi connectivity index (χ4v) is 4.15. The van der Waals surface area contributed by atoms with Gasteiger partial charge in [0.05, 0.1) is 17.3 Å². The summed E-state index contributed by atoms with van der Waals surface area (Å²) >= 11 is 0. The van der Waals surface area contributed by atoms with Crippen LogP contribution in [0.15, 0.2) is 12.7 Å². The Bertz CT molecular complexity index is 291. The molecule has 0 bridgehead atoms. The maximum Gasteiger partial charge on any atom is 0.330 e. The second kappa shape index (κ2) is 5.53. The first-order valence-electron chi connectivity index (χ1n) is 5.56. The van der Waals surface area contributed by atoms with E-state index in [0.717, 1.165) is 24.3 Å². The summed E-state index contributed by atoms with van der Waals surface area (Å²) in [7, 11) is -0.109. The van der Waals surface area contributed by atoms with Crippen LogP contribution in [0.1, 0.15) is 33.1 Å². The normalized spacial score (nSPS) is 29.5. The van der Waals surface area contributed by atoms with Gasteiger partial charge < -0.3 is 4.74 Å². The average Bonchev–Trinajstić information content (AvgIpc) is 2.28. The number of hydrogen-bond donors (Lipinski definition) is 0. The van der Waals surface area contributed by atoms with Crippen LogP contribution in [-0.4, -0.2) is 28.2 Å². The van der Waals surface area contributed by atoms with Gasteiger partial charge in [-0.2, -0.15) is 0 Å². The van der Waals surface area contributed by atoms with E-state index in [2.05, 4.69) is 6.58 Å². The van der Waals surface area contributed by atoms with Crippen molar-refractivity contribution in [3.05, 3.63) is 12.7 Å². The van der Waals surface area contributed by atoms with Crippen LogP contribution in [0, 0.1) is 0 Å². The minimum Gasteiger partial charge on any atom is -0.456 e. The second-order valence-corrected chi connectivity index (χ2v) is 6.46. The number of carbonyl (C=O) groups is 2. The third-order valence-corrected chi connectivity index (χ3v) is 5.21. The molecule has 0 aromatic heterocycles. The molecule has 0 aromatic rings. The van der Waals surface area contributed by atoms with Gasteiger partial charge in [0.2, 0.25) is 0 Å². The monoisotopic (exact) mass is 243 g/mol. The summed E-state index contributed by atoms with van der Waals surface area (Å²) in [5.74, 6) is 1.34. The molecule has 0 aliphatic carbocycles. The molecule has 0 saturated carbocycles. The Kier molecular flexibility index (Phi) is 4.59. The van der Waals surface area contributed by atoms with Crippen LogP contribution in [-0.2, 0) is 25.2 Å². The first kappa shape index (κ1) is 13.3. The standard InChI is InChI=1S/C12H19O3S/c1-4-10(13)15-12(3)6-8-16(9-7-12)11(14)5-2/h4H,1,5-9H2,2-3H3/q+1. The minimum absolute atomic E-state index is 0.109. The maximum atomic E-state index is 11.5. The van der Waals surface area contributed by atoms with Crippen LogP contribution < -0.4 is 0 Å². The van der Waals surface area contributed by atoms with Crippen molar-refractivity contribution < 1.29 is 14.3 Å². The Labute approximate surface area is 99.6 Å². The van der Waals surface area contributed by atoms with Crippen molar-refractivity contribution >= 4 is 22.0 Å². The largest absolute Gasteiger partial charge is 0.456 e. The first-order valence-corrected chi connectivity index (χ1v) is 7.13. The molecule has 1 fully saturated rings. The summed E-state index contributed by atoms with van der Waals surface area (Å²) in [5.41, 5.74) is -0.400. The van der Waals surface area contributed by atoms with E-state index >= 15 is 0 Å². The molecular formula is C12H19O3S+. The molecule has 1 saturated heterocycles. The second-order valence-electron chi connectivity index (χ2n) is 4.20. The zero-order valence-electron chi connectivity index (χ0n) is 9.95. The van der Waals surface area contributed by atoms with E-state index in [1.54, 1.807) is 0 Å². The Hall–Kier alpha value is -0.770. The summed E-state index contributed by atoms with van der Waals surface area (Å²) in [5, 5.41) is 0.358. The summed E-state index contributed by atoms with van der Waals surface area (Å²) in [6, 6.07) is 0. The smallest absolute Gasteiger partial charge is 0.330 e. The van der Waals surface area contributed by atoms with Gasteiger partial charge in [-0.15, -0.1) is 0 Å². The molecular weight excluding hydrogens is 224 g/mol. The fraction of sp³-hybridized carbons (Fsp3) is 0.667. The lowest BCUT2D eigenvalue weighted by molar-refractivity contribution is -0.152. The van der Waals surface area contributed by atoms with Crippen molar-refractivity contribution in [1.29, 1.82) is 0 Å². The molecule has 0 spiro atoms. The number of carbonyl (C=O) groups excluding carboxylic acids is 2. The molecule has 4 heteroatoms. The SMILES string of the molecule is C=CC(=O)OC1(C)CC[S+](C(=O)CC)CC1. The molecule has 0 radical (unpaired) electrons. The highest BCUT2D eigenvalue weighted by atomic mass is 32.2. The predicted molar refractivity (Wildman–Crippen MR) is 66.3 cm³/mol. The van der Waals surface area contributed by atoms with Gasteiger partial charge in [-0.1, -0.05) is 13.5 Å². The molecule has 1 rings (SSSR count). The van der Waals surface area contributed by atoms with Gasteiger partial charge in [0.15, 0.2) is 0 Å². The van der Waals surface area contributed by atoms with Crippen molar-refractivity contribution in [2.75, 3.05) is 11.5 Å². The topological polar surface area (TPSA) is 43.4 Å². The zero-order chi connectivity index (χ0) is 12.2. The van der Waals surface area contributed by atoms with Gasteiger partial charge in [-0.05, 0) is 6.92 Å². The van der Waals surface area contributed by atoms with Crippen LogP contribution in [0.25, 0.3) is 0 Å². The number of esters is 1. The van der Waals surface area contributed by atoms with E-state index in [1.807, 2.05) is 13.8 Å². The van der Waals surface area contributed by atoms with Gasteiger partial charge in [0.25, 0.3) is 0 Å². The highest BCUT2D eigenvalue weighted by Crippen LogP contribution is 2.29. The van der Waals surface area contributed by atoms with Crippen molar-refractivity contribution in [2.24, 2.45) is 0 Å². The number of hydrogen-bond acceptors (Lipinski definition) is 3. The van der Waals surface area contributed by atoms with Crippen LogP contribution in [0.2, 0.25) is 0 Å². The van der Waals surface area contributed by atoms with E-state index < -0.39 is 5.60 Å². The van der Waals surface area contributed by atoms with Gasteiger partial charge in [0, 0.05) is 18.9 Å². The summed E-state index contributed by atoms with van der Waals surface area (Å²) < 4.78 is 5.33. The molecule has 0 unspecified atom stereocenters. The van der Waals surface area contributed by atoms with E-state index in [-0.39, 0.29) is 16.9 Å². The van der Waals surface area contributed by atoms with Crippen LogP contribution >= 0.6 is 0 Å². The van der Waals surface area contributed by atoms with Crippen molar-refractivity contribution in [3.8, 4) is 0 Å². The number of ether oxygens (including phenoxy) is 1. The van der Waals surface area contributed by atoms with E-state index in [4.69, 9.17) is 4.74 Å². The van der Waals surface area contributed by atoms with E-state index in [0.29, 0.717) is 11.5 Å². The highest BCUT2D eigenvalue weighted by Gasteiger charge is 2.41. The summed E-state index contributed by atoms with van der Waals surface area (Å²) in [6.45, 7) is 7.23. The predicted octanol–water partition coefficient (Wildman–Crippen LogP) is 1.82. The molecule has 90 valence electrons. The van der Waals surface area contributed by atoms with Gasteiger partial charge in [-0.25, -0.2) is 9.59 Å². The van der Waals surface area contributed by atoms with Crippen molar-refractivity contribution in [3.63, 3.8) is 0 Å². The molecule has 1 aliphatic heterocycles. The Morgan fingerprint density at radius 2 is 2.00 bits per heavy atom. The van der Waals surface area contributed by atoms with Crippen LogP contribution in [0.3, 0.4) is 0 Å². The first-order chi connectivity index (χ1) is 7.50. The van der Waals surface area contributed by atoms with Gasteiger partial charge in [-0.3, -0.25) is 0 Å². The molecule has 0 aromatic carbocycles. The molecule has 0 amide bonds. The molecule has 0 atom stereocenters.